The van der Waals surface area contributed by atoms with Crippen molar-refractivity contribution >= 4 is 5.69 Å². The van der Waals surface area contributed by atoms with Crippen LogP contribution in [0.3, 0.4) is 0 Å². The van der Waals surface area contributed by atoms with Crippen molar-refractivity contribution in [1.29, 1.82) is 0 Å². The Labute approximate surface area is 89.9 Å². The van der Waals surface area contributed by atoms with E-state index in [0.717, 1.165) is 12.2 Å². The average Bonchev–Trinajstić information content (AvgIpc) is 2.25. The Bertz CT molecular complexity index is 302. The molecule has 4 heteroatoms. The number of nitrogens with two attached hydrogens (primary N) is 1. The van der Waals surface area contributed by atoms with Crippen LogP contribution in [0, 0.1) is 0 Å². The van der Waals surface area contributed by atoms with Crippen LogP contribution in [0.4, 0.5) is 5.69 Å². The lowest BCUT2D eigenvalue weighted by Gasteiger charge is -2.08. The van der Waals surface area contributed by atoms with Gasteiger partial charge in [-0.3, -0.25) is 0 Å². The molecule has 0 aliphatic heterocycles. The first-order valence-corrected chi connectivity index (χ1v) is 4.83. The Morgan fingerprint density at radius 1 is 1.20 bits per heavy atom. The van der Waals surface area contributed by atoms with Crippen molar-refractivity contribution in [2.24, 2.45) is 0 Å². The van der Waals surface area contributed by atoms with Crippen molar-refractivity contribution in [1.82, 2.24) is 0 Å². The molecule has 0 heterocycles. The summed E-state index contributed by atoms with van der Waals surface area (Å²) < 4.78 is 15.4. The van der Waals surface area contributed by atoms with Crippen molar-refractivity contribution in [3.8, 4) is 11.5 Å². The lowest BCUT2D eigenvalue weighted by Crippen LogP contribution is -2.02. The van der Waals surface area contributed by atoms with Crippen LogP contribution >= 0.6 is 0 Å². The van der Waals surface area contributed by atoms with E-state index in [9.17, 15) is 0 Å². The molecule has 15 heavy (non-hydrogen) atoms. The third-order valence-electron chi connectivity index (χ3n) is 1.96. The molecule has 0 spiro atoms. The Morgan fingerprint density at radius 2 is 2.00 bits per heavy atom. The maximum atomic E-state index is 5.73. The highest BCUT2D eigenvalue weighted by atomic mass is 16.5. The van der Waals surface area contributed by atoms with Crippen molar-refractivity contribution in [3.63, 3.8) is 0 Å². The van der Waals surface area contributed by atoms with Crippen LogP contribution in [0.5, 0.6) is 11.5 Å². The molecule has 0 saturated heterocycles. The third kappa shape index (κ3) is 3.67. The smallest absolute Gasteiger partial charge is 0.142 e. The summed E-state index contributed by atoms with van der Waals surface area (Å²) in [7, 11) is 3.26. The van der Waals surface area contributed by atoms with Crippen LogP contribution in [0.25, 0.3) is 0 Å². The molecule has 0 radical (unpaired) electrons. The molecule has 2 N–H and O–H groups in total. The normalized spacial score (nSPS) is 10.0. The fourth-order valence-corrected chi connectivity index (χ4v) is 1.20. The Kier molecular flexibility index (Phi) is 4.77. The summed E-state index contributed by atoms with van der Waals surface area (Å²) in [4.78, 5) is 0. The van der Waals surface area contributed by atoms with Gasteiger partial charge < -0.3 is 19.9 Å². The minimum Gasteiger partial charge on any atom is -0.495 e. The minimum absolute atomic E-state index is 0.585. The van der Waals surface area contributed by atoms with Crippen LogP contribution in [0.2, 0.25) is 0 Å². The second-order valence-electron chi connectivity index (χ2n) is 3.10. The second kappa shape index (κ2) is 6.14. The number of hydrogen-bond acceptors (Lipinski definition) is 4. The monoisotopic (exact) mass is 211 g/mol. The first kappa shape index (κ1) is 11.7. The van der Waals surface area contributed by atoms with E-state index in [4.69, 9.17) is 19.9 Å². The molecule has 0 fully saturated rings. The molecule has 0 unspecified atom stereocenters. The van der Waals surface area contributed by atoms with Gasteiger partial charge in [0.2, 0.25) is 0 Å². The summed E-state index contributed by atoms with van der Waals surface area (Å²) in [6, 6.07) is 5.38. The Balaban J connectivity index is 2.45. The molecular formula is C11H17NO3. The predicted molar refractivity (Wildman–Crippen MR) is 59.4 cm³/mol. The fourth-order valence-electron chi connectivity index (χ4n) is 1.20. The molecule has 4 nitrogen and oxygen atoms in total. The lowest BCUT2D eigenvalue weighted by atomic mass is 10.3. The van der Waals surface area contributed by atoms with Gasteiger partial charge in [-0.05, 0) is 12.1 Å². The van der Waals surface area contributed by atoms with Crippen LogP contribution < -0.4 is 15.2 Å². The molecule has 84 valence electrons. The summed E-state index contributed by atoms with van der Waals surface area (Å²) in [6.45, 7) is 1.32. The zero-order valence-corrected chi connectivity index (χ0v) is 9.16. The van der Waals surface area contributed by atoms with Gasteiger partial charge in [-0.25, -0.2) is 0 Å². The van der Waals surface area contributed by atoms with E-state index in [1.54, 1.807) is 26.4 Å². The molecule has 1 aromatic carbocycles. The van der Waals surface area contributed by atoms with E-state index in [-0.39, 0.29) is 0 Å². The number of rotatable bonds is 6. The van der Waals surface area contributed by atoms with Gasteiger partial charge in [0.05, 0.1) is 19.4 Å². The maximum Gasteiger partial charge on any atom is 0.142 e. The first-order chi connectivity index (χ1) is 7.27. The summed E-state index contributed by atoms with van der Waals surface area (Å²) in [5.74, 6) is 1.42. The summed E-state index contributed by atoms with van der Waals surface area (Å²) in [6.07, 6.45) is 0.864. The number of benzene rings is 1. The van der Waals surface area contributed by atoms with Crippen LogP contribution in [-0.2, 0) is 4.74 Å². The van der Waals surface area contributed by atoms with Crippen molar-refractivity contribution in [3.05, 3.63) is 18.2 Å². The number of anilines is 1. The number of methoxy groups -OCH3 is 2. The highest BCUT2D eigenvalue weighted by Gasteiger charge is 2.00. The molecule has 0 bridgehead atoms. The summed E-state index contributed by atoms with van der Waals surface area (Å²) >= 11 is 0. The first-order valence-electron chi connectivity index (χ1n) is 4.83. The molecule has 1 rings (SSSR count). The lowest BCUT2D eigenvalue weighted by molar-refractivity contribution is 0.172. The largest absolute Gasteiger partial charge is 0.495 e. The van der Waals surface area contributed by atoms with E-state index in [1.165, 1.54) is 0 Å². The molecule has 0 aliphatic carbocycles. The molecule has 0 saturated carbocycles. The highest BCUT2D eigenvalue weighted by Crippen LogP contribution is 2.25. The fraction of sp³-hybridized carbons (Fsp3) is 0.455. The number of nitrogen functional groups attached to an aromatic ring is 1. The quantitative estimate of drug-likeness (QED) is 0.574. The Hall–Kier alpha value is -1.42. The van der Waals surface area contributed by atoms with Gasteiger partial charge in [-0.2, -0.15) is 0 Å². The molecule has 0 amide bonds. The highest BCUT2D eigenvalue weighted by molar-refractivity contribution is 5.56. The van der Waals surface area contributed by atoms with Gasteiger partial charge in [0.25, 0.3) is 0 Å². The number of ether oxygens (including phenoxy) is 3. The van der Waals surface area contributed by atoms with E-state index in [1.807, 2.05) is 6.07 Å². The van der Waals surface area contributed by atoms with Crippen molar-refractivity contribution in [2.75, 3.05) is 33.2 Å². The average molecular weight is 211 g/mol. The van der Waals surface area contributed by atoms with Gasteiger partial charge in [0.1, 0.15) is 11.5 Å². The van der Waals surface area contributed by atoms with E-state index >= 15 is 0 Å². The molecule has 1 aromatic rings. The zero-order chi connectivity index (χ0) is 11.1. The zero-order valence-electron chi connectivity index (χ0n) is 9.16. The van der Waals surface area contributed by atoms with Gasteiger partial charge >= 0.3 is 0 Å². The summed E-state index contributed by atoms with van der Waals surface area (Å²) in [5.41, 5.74) is 6.32. The van der Waals surface area contributed by atoms with Crippen molar-refractivity contribution < 1.29 is 14.2 Å². The van der Waals surface area contributed by atoms with Crippen LogP contribution in [0.1, 0.15) is 6.42 Å². The number of hydrogen-bond donors (Lipinski definition) is 1. The SMILES string of the molecule is COCCCOc1ccc(OC)c(N)c1. The van der Waals surface area contributed by atoms with Crippen LogP contribution in [0.15, 0.2) is 18.2 Å². The summed E-state index contributed by atoms with van der Waals surface area (Å²) in [5, 5.41) is 0. The standard InChI is InChI=1S/C11H17NO3/c1-13-6-3-7-15-9-4-5-11(14-2)10(12)8-9/h4-5,8H,3,6-7,12H2,1-2H3. The maximum absolute atomic E-state index is 5.73. The van der Waals surface area contributed by atoms with E-state index in [2.05, 4.69) is 0 Å². The molecular weight excluding hydrogens is 194 g/mol. The van der Waals surface area contributed by atoms with E-state index < -0.39 is 0 Å². The van der Waals surface area contributed by atoms with Crippen LogP contribution in [-0.4, -0.2) is 27.4 Å². The van der Waals surface area contributed by atoms with Gasteiger partial charge in [-0.15, -0.1) is 0 Å². The van der Waals surface area contributed by atoms with Gasteiger partial charge in [0, 0.05) is 26.2 Å². The topological polar surface area (TPSA) is 53.7 Å². The second-order valence-corrected chi connectivity index (χ2v) is 3.10. The molecule has 0 atom stereocenters. The molecule has 0 aromatic heterocycles. The Morgan fingerprint density at radius 3 is 2.60 bits per heavy atom. The molecule has 0 aliphatic rings. The predicted octanol–water partition coefficient (Wildman–Crippen LogP) is 1.69. The van der Waals surface area contributed by atoms with Crippen molar-refractivity contribution in [2.45, 2.75) is 6.42 Å². The van der Waals surface area contributed by atoms with Gasteiger partial charge in [-0.1, -0.05) is 0 Å². The van der Waals surface area contributed by atoms with Gasteiger partial charge in [0.15, 0.2) is 0 Å². The minimum atomic E-state index is 0.585. The van der Waals surface area contributed by atoms with E-state index in [0.29, 0.717) is 24.7 Å². The third-order valence-corrected chi connectivity index (χ3v) is 1.96.